The van der Waals surface area contributed by atoms with Crippen molar-refractivity contribution >= 4 is 17.7 Å². The molecule has 5 heteroatoms. The topological polar surface area (TPSA) is 77.8 Å². The van der Waals surface area contributed by atoms with E-state index < -0.39 is 5.97 Å². The first-order valence-corrected chi connectivity index (χ1v) is 10.6. The van der Waals surface area contributed by atoms with Crippen molar-refractivity contribution in [2.45, 2.75) is 76.0 Å². The van der Waals surface area contributed by atoms with E-state index in [4.69, 9.17) is 5.11 Å². The van der Waals surface area contributed by atoms with E-state index in [0.29, 0.717) is 11.5 Å². The molecule has 0 radical (unpaired) electrons. The molecule has 0 aliphatic rings. The molecule has 0 amide bonds. The molecule has 0 aliphatic carbocycles. The summed E-state index contributed by atoms with van der Waals surface area (Å²) in [4.78, 5) is 10.8. The van der Waals surface area contributed by atoms with Crippen molar-refractivity contribution in [1.82, 2.24) is 0 Å². The van der Waals surface area contributed by atoms with Crippen molar-refractivity contribution in [2.24, 2.45) is 0 Å². The first-order valence-electron chi connectivity index (χ1n) is 9.79. The third-order valence-electron chi connectivity index (χ3n) is 4.45. The minimum Gasteiger partial charge on any atom is -0.506 e. The number of hydrogen-bond acceptors (Lipinski definition) is 4. The van der Waals surface area contributed by atoms with Crippen molar-refractivity contribution in [3.63, 3.8) is 0 Å². The quantitative estimate of drug-likeness (QED) is 0.471. The number of carboxylic acid groups (broad SMARTS) is 1. The minimum atomic E-state index is -0.981. The Morgan fingerprint density at radius 3 is 1.37 bits per heavy atom. The smallest absolute Gasteiger partial charge is 0.327 e. The van der Waals surface area contributed by atoms with E-state index in [1.807, 2.05) is 38.1 Å². The summed E-state index contributed by atoms with van der Waals surface area (Å²) in [5.74, 6) is -0.368. The third-order valence-corrected chi connectivity index (χ3v) is 5.51. The minimum absolute atomic E-state index is 0.142. The summed E-state index contributed by atoms with van der Waals surface area (Å²) < 4.78 is 0. The number of aliphatic carboxylic acids is 1. The van der Waals surface area contributed by atoms with Gasteiger partial charge in [0.25, 0.3) is 0 Å². The fraction of sp³-hybridized carbons (Fsp3) is 0.400. The second-order valence-electron chi connectivity index (χ2n) is 9.46. The molecule has 2 aromatic rings. The van der Waals surface area contributed by atoms with Crippen LogP contribution in [0.2, 0.25) is 0 Å². The number of carboxylic acids is 1. The van der Waals surface area contributed by atoms with Gasteiger partial charge in [0, 0.05) is 17.2 Å². The monoisotopic (exact) mass is 430 g/mol. The Kier molecular flexibility index (Phi) is 8.21. The van der Waals surface area contributed by atoms with Gasteiger partial charge in [0.2, 0.25) is 0 Å². The molecule has 0 saturated heterocycles. The average Bonchev–Trinajstić information content (AvgIpc) is 2.59. The van der Waals surface area contributed by atoms with Crippen molar-refractivity contribution in [3.05, 3.63) is 59.2 Å². The van der Waals surface area contributed by atoms with Gasteiger partial charge in [0.1, 0.15) is 11.5 Å². The summed E-state index contributed by atoms with van der Waals surface area (Å²) in [6.45, 7) is 19.6. The molecule has 0 fully saturated rings. The maximum Gasteiger partial charge on any atom is 0.327 e. The van der Waals surface area contributed by atoms with Crippen LogP contribution in [-0.4, -0.2) is 21.3 Å². The fourth-order valence-corrected chi connectivity index (χ4v) is 4.05. The number of hydrogen-bond donors (Lipinski definition) is 3. The Bertz CT molecular complexity index is 864. The Balaban J connectivity index is 0.000000804. The predicted octanol–water partition coefficient (Wildman–Crippen LogP) is 6.72. The van der Waals surface area contributed by atoms with E-state index in [1.54, 1.807) is 0 Å². The van der Waals surface area contributed by atoms with E-state index in [-0.39, 0.29) is 10.8 Å². The average molecular weight is 431 g/mol. The van der Waals surface area contributed by atoms with Gasteiger partial charge in [-0.2, -0.15) is 0 Å². The van der Waals surface area contributed by atoms with Crippen LogP contribution in [0.25, 0.3) is 0 Å². The number of aromatic hydroxyl groups is 2. The molecule has 4 nitrogen and oxygen atoms in total. The molecule has 0 heterocycles. The van der Waals surface area contributed by atoms with Crippen molar-refractivity contribution in [2.75, 3.05) is 0 Å². The molecule has 2 aromatic carbocycles. The van der Waals surface area contributed by atoms with Crippen LogP contribution in [0.1, 0.15) is 63.8 Å². The van der Waals surface area contributed by atoms with Gasteiger partial charge < -0.3 is 15.3 Å². The molecule has 0 spiro atoms. The summed E-state index contributed by atoms with van der Waals surface area (Å²) in [7, 11) is 0. The molecule has 3 N–H and O–H groups in total. The SMILES string of the molecule is C=CC(=O)O.Cc1cc(Sc2cc(C)cc(C(C)(C)C)c2O)c(O)c(C(C)(C)C)c1. The first kappa shape index (κ1) is 25.6. The number of phenols is 2. The van der Waals surface area contributed by atoms with Gasteiger partial charge in [-0.1, -0.05) is 72.0 Å². The summed E-state index contributed by atoms with van der Waals surface area (Å²) in [6, 6.07) is 8.04. The Morgan fingerprint density at radius 1 is 0.833 bits per heavy atom. The fourth-order valence-electron chi connectivity index (χ4n) is 2.91. The molecular weight excluding hydrogens is 396 g/mol. The van der Waals surface area contributed by atoms with Crippen LogP contribution < -0.4 is 0 Å². The second kappa shape index (κ2) is 9.61. The molecular formula is C25H34O4S. The predicted molar refractivity (Wildman–Crippen MR) is 125 cm³/mol. The van der Waals surface area contributed by atoms with Crippen molar-refractivity contribution in [3.8, 4) is 11.5 Å². The number of carbonyl (C=O) groups is 1. The van der Waals surface area contributed by atoms with Crippen LogP contribution in [-0.2, 0) is 15.6 Å². The molecule has 30 heavy (non-hydrogen) atoms. The second-order valence-corrected chi connectivity index (χ2v) is 10.5. The van der Waals surface area contributed by atoms with Gasteiger partial charge in [-0.25, -0.2) is 4.79 Å². The molecule has 0 aliphatic heterocycles. The standard InChI is InChI=1S/C22H30O2S.C3H4O2/c1-13-9-15(21(3,4)5)19(23)17(11-13)25-18-12-14(2)10-16(20(18)24)22(6,7)8;1-2-3(4)5/h9-12,23-24H,1-8H3;2H,1H2,(H,4,5). The highest BCUT2D eigenvalue weighted by Crippen LogP contribution is 2.46. The van der Waals surface area contributed by atoms with Gasteiger partial charge in [0.05, 0.1) is 9.79 Å². The van der Waals surface area contributed by atoms with Crippen molar-refractivity contribution in [1.29, 1.82) is 0 Å². The Hall–Kier alpha value is -2.40. The maximum atomic E-state index is 10.8. The number of rotatable bonds is 3. The van der Waals surface area contributed by atoms with Gasteiger partial charge in [-0.05, 0) is 47.9 Å². The first-order chi connectivity index (χ1) is 13.6. The van der Waals surface area contributed by atoms with Gasteiger partial charge in [0.15, 0.2) is 0 Å². The largest absolute Gasteiger partial charge is 0.506 e. The van der Waals surface area contributed by atoms with E-state index in [1.165, 1.54) is 11.8 Å². The Morgan fingerprint density at radius 2 is 1.13 bits per heavy atom. The zero-order valence-corrected chi connectivity index (χ0v) is 20.1. The van der Waals surface area contributed by atoms with Crippen molar-refractivity contribution < 1.29 is 20.1 Å². The third kappa shape index (κ3) is 6.84. The van der Waals surface area contributed by atoms with Gasteiger partial charge in [-0.3, -0.25) is 0 Å². The zero-order valence-electron chi connectivity index (χ0n) is 19.3. The molecule has 0 unspecified atom stereocenters. The zero-order chi connectivity index (χ0) is 23.4. The lowest BCUT2D eigenvalue weighted by atomic mass is 9.85. The van der Waals surface area contributed by atoms with Gasteiger partial charge >= 0.3 is 5.97 Å². The van der Waals surface area contributed by atoms with E-state index in [2.05, 4.69) is 48.1 Å². The summed E-state index contributed by atoms with van der Waals surface area (Å²) in [6.07, 6.45) is 0.833. The molecule has 0 saturated carbocycles. The summed E-state index contributed by atoms with van der Waals surface area (Å²) in [5.41, 5.74) is 3.78. The Labute approximate surface area is 184 Å². The number of benzene rings is 2. The number of aryl methyl sites for hydroxylation is 2. The molecule has 164 valence electrons. The molecule has 0 bridgehead atoms. The lowest BCUT2D eigenvalue weighted by Crippen LogP contribution is -2.12. The van der Waals surface area contributed by atoms with Crippen LogP contribution >= 0.6 is 11.8 Å². The highest BCUT2D eigenvalue weighted by molar-refractivity contribution is 7.99. The lowest BCUT2D eigenvalue weighted by molar-refractivity contribution is -0.131. The van der Waals surface area contributed by atoms with Crippen LogP contribution in [0.4, 0.5) is 0 Å². The van der Waals surface area contributed by atoms with E-state index in [0.717, 1.165) is 38.1 Å². The molecule has 0 aromatic heterocycles. The highest BCUT2D eigenvalue weighted by atomic mass is 32.2. The molecule has 2 rings (SSSR count). The lowest BCUT2D eigenvalue weighted by Gasteiger charge is -2.24. The van der Waals surface area contributed by atoms with Crippen LogP contribution in [0.15, 0.2) is 46.7 Å². The summed E-state index contributed by atoms with van der Waals surface area (Å²) in [5, 5.41) is 29.2. The number of phenolic OH excluding ortho intramolecular Hbond substituents is 2. The van der Waals surface area contributed by atoms with Crippen LogP contribution in [0.5, 0.6) is 11.5 Å². The maximum absolute atomic E-state index is 10.8. The van der Waals surface area contributed by atoms with E-state index >= 15 is 0 Å². The highest BCUT2D eigenvalue weighted by Gasteiger charge is 2.24. The normalized spacial score (nSPS) is 11.5. The molecule has 0 atom stereocenters. The van der Waals surface area contributed by atoms with Gasteiger partial charge in [-0.15, -0.1) is 0 Å². The van der Waals surface area contributed by atoms with E-state index in [9.17, 15) is 15.0 Å². The van der Waals surface area contributed by atoms with Crippen LogP contribution in [0, 0.1) is 13.8 Å². The summed E-state index contributed by atoms with van der Waals surface area (Å²) >= 11 is 1.43. The van der Waals surface area contributed by atoms with Crippen LogP contribution in [0.3, 0.4) is 0 Å².